The Morgan fingerprint density at radius 2 is 1.86 bits per heavy atom. The number of hydrogen-bond acceptors (Lipinski definition) is 3. The molecule has 0 N–H and O–H groups in total. The highest BCUT2D eigenvalue weighted by atomic mass is 35.7. The largest absolute Gasteiger partial charge is 0.497 e. The molecule has 0 radical (unpaired) electrons. The third kappa shape index (κ3) is 3.98. The lowest BCUT2D eigenvalue weighted by molar-refractivity contribution is 0.413. The normalized spacial score (nSPS) is 10.0. The number of benzene rings is 1. The van der Waals surface area contributed by atoms with Crippen molar-refractivity contribution in [3.63, 3.8) is 0 Å². The van der Waals surface area contributed by atoms with Crippen LogP contribution in [0.3, 0.4) is 0 Å². The van der Waals surface area contributed by atoms with Gasteiger partial charge < -0.3 is 4.74 Å². The molecule has 0 saturated heterocycles. The summed E-state index contributed by atoms with van der Waals surface area (Å²) in [5, 5.41) is 0. The van der Waals surface area contributed by atoms with Crippen molar-refractivity contribution in [1.29, 1.82) is 0 Å². The van der Waals surface area contributed by atoms with Gasteiger partial charge in [0, 0.05) is 16.7 Å². The summed E-state index contributed by atoms with van der Waals surface area (Å²) in [6.45, 7) is 4.00. The van der Waals surface area contributed by atoms with Gasteiger partial charge in [-0.1, -0.05) is 19.9 Å². The number of methoxy groups -OCH3 is 1. The highest BCUT2D eigenvalue weighted by Crippen LogP contribution is 2.19. The third-order valence-electron chi connectivity index (χ3n) is 1.32. The van der Waals surface area contributed by atoms with E-state index in [9.17, 15) is 8.42 Å². The van der Waals surface area contributed by atoms with Crippen LogP contribution in [0.5, 0.6) is 5.75 Å². The number of hydrogen-bond donors (Lipinski definition) is 0. The first-order valence-corrected chi connectivity index (χ1v) is 6.43. The molecule has 0 spiro atoms. The van der Waals surface area contributed by atoms with E-state index in [1.165, 1.54) is 19.2 Å². The standard InChI is InChI=1S/C7H7ClO3S.C2H6/c1-11-6-3-2-4-7(5-6)12(8,9)10;1-2/h2-5H,1H3;1-2H3. The summed E-state index contributed by atoms with van der Waals surface area (Å²) in [5.41, 5.74) is 0. The van der Waals surface area contributed by atoms with Crippen LogP contribution in [0.2, 0.25) is 0 Å². The van der Waals surface area contributed by atoms with Crippen molar-refractivity contribution in [2.75, 3.05) is 7.11 Å². The third-order valence-corrected chi connectivity index (χ3v) is 2.67. The Bertz CT molecular complexity index is 373. The molecule has 0 saturated carbocycles. The Kier molecular flexibility index (Phi) is 5.57. The summed E-state index contributed by atoms with van der Waals surface area (Å²) in [7, 11) is 2.92. The molecule has 0 heterocycles. The smallest absolute Gasteiger partial charge is 0.261 e. The summed E-state index contributed by atoms with van der Waals surface area (Å²) in [5.74, 6) is 0.469. The van der Waals surface area contributed by atoms with E-state index >= 15 is 0 Å². The highest BCUT2D eigenvalue weighted by Gasteiger charge is 2.09. The second kappa shape index (κ2) is 5.88. The van der Waals surface area contributed by atoms with Crippen LogP contribution in [0.25, 0.3) is 0 Å². The zero-order chi connectivity index (χ0) is 11.2. The topological polar surface area (TPSA) is 43.4 Å². The second-order valence-electron chi connectivity index (χ2n) is 2.12. The molecule has 0 aromatic heterocycles. The highest BCUT2D eigenvalue weighted by molar-refractivity contribution is 8.13. The SMILES string of the molecule is CC.COc1cccc(S(=O)(=O)Cl)c1. The van der Waals surface area contributed by atoms with E-state index in [-0.39, 0.29) is 4.90 Å². The Hall–Kier alpha value is -0.740. The van der Waals surface area contributed by atoms with Gasteiger partial charge in [0.05, 0.1) is 12.0 Å². The molecule has 0 fully saturated rings. The van der Waals surface area contributed by atoms with Gasteiger partial charge in [0.15, 0.2) is 0 Å². The molecule has 0 aliphatic rings. The summed E-state index contributed by atoms with van der Waals surface area (Å²) < 4.78 is 26.4. The molecule has 1 rings (SSSR count). The van der Waals surface area contributed by atoms with Crippen LogP contribution in [0, 0.1) is 0 Å². The molecule has 0 atom stereocenters. The van der Waals surface area contributed by atoms with Gasteiger partial charge in [-0.05, 0) is 12.1 Å². The van der Waals surface area contributed by atoms with E-state index in [0.29, 0.717) is 5.75 Å². The predicted molar refractivity (Wildman–Crippen MR) is 57.4 cm³/mol. The lowest BCUT2D eigenvalue weighted by Crippen LogP contribution is -1.91. The average Bonchev–Trinajstić information content (AvgIpc) is 2.20. The van der Waals surface area contributed by atoms with Gasteiger partial charge in [0.1, 0.15) is 5.75 Å². The van der Waals surface area contributed by atoms with Crippen molar-refractivity contribution in [3.05, 3.63) is 24.3 Å². The molecule has 5 heteroatoms. The molecule has 3 nitrogen and oxygen atoms in total. The quantitative estimate of drug-likeness (QED) is 0.742. The van der Waals surface area contributed by atoms with Crippen LogP contribution in [0.4, 0.5) is 0 Å². The Morgan fingerprint density at radius 3 is 2.29 bits per heavy atom. The molecule has 1 aromatic rings. The second-order valence-corrected chi connectivity index (χ2v) is 4.68. The van der Waals surface area contributed by atoms with E-state index in [4.69, 9.17) is 15.4 Å². The predicted octanol–water partition coefficient (Wildman–Crippen LogP) is 2.65. The first kappa shape index (κ1) is 13.3. The summed E-state index contributed by atoms with van der Waals surface area (Å²) >= 11 is 0. The average molecular weight is 237 g/mol. The zero-order valence-electron chi connectivity index (χ0n) is 8.32. The lowest BCUT2D eigenvalue weighted by Gasteiger charge is -2.00. The fourth-order valence-electron chi connectivity index (χ4n) is 0.753. The monoisotopic (exact) mass is 236 g/mol. The van der Waals surface area contributed by atoms with Gasteiger partial charge in [-0.2, -0.15) is 0 Å². The van der Waals surface area contributed by atoms with Crippen LogP contribution >= 0.6 is 10.7 Å². The molecule has 1 aromatic carbocycles. The molecule has 0 bridgehead atoms. The van der Waals surface area contributed by atoms with Crippen molar-refractivity contribution >= 4 is 19.7 Å². The van der Waals surface area contributed by atoms with Gasteiger partial charge in [0.2, 0.25) is 0 Å². The van der Waals surface area contributed by atoms with Gasteiger partial charge in [-0.25, -0.2) is 8.42 Å². The van der Waals surface area contributed by atoms with Crippen molar-refractivity contribution in [3.8, 4) is 5.75 Å². The Labute approximate surface area is 89.1 Å². The fraction of sp³-hybridized carbons (Fsp3) is 0.333. The van der Waals surface area contributed by atoms with Crippen molar-refractivity contribution in [1.82, 2.24) is 0 Å². The van der Waals surface area contributed by atoms with Gasteiger partial charge in [-0.3, -0.25) is 0 Å². The Balaban J connectivity index is 0.000000791. The maximum Gasteiger partial charge on any atom is 0.261 e. The van der Waals surface area contributed by atoms with Gasteiger partial charge in [0.25, 0.3) is 9.05 Å². The molecule has 0 amide bonds. The van der Waals surface area contributed by atoms with Crippen LogP contribution in [0.15, 0.2) is 29.2 Å². The van der Waals surface area contributed by atoms with Crippen LogP contribution in [0.1, 0.15) is 13.8 Å². The first-order valence-electron chi connectivity index (χ1n) is 4.13. The number of ether oxygens (including phenoxy) is 1. The fourth-order valence-corrected chi connectivity index (χ4v) is 1.54. The summed E-state index contributed by atoms with van der Waals surface area (Å²) in [6.07, 6.45) is 0. The van der Waals surface area contributed by atoms with Crippen molar-refractivity contribution in [2.45, 2.75) is 18.7 Å². The first-order chi connectivity index (χ1) is 6.54. The van der Waals surface area contributed by atoms with Gasteiger partial charge >= 0.3 is 0 Å². The minimum atomic E-state index is -3.64. The number of rotatable bonds is 2. The van der Waals surface area contributed by atoms with E-state index < -0.39 is 9.05 Å². The van der Waals surface area contributed by atoms with Crippen LogP contribution in [-0.2, 0) is 9.05 Å². The molecule has 0 aliphatic carbocycles. The minimum Gasteiger partial charge on any atom is -0.497 e. The van der Waals surface area contributed by atoms with Gasteiger partial charge in [-0.15, -0.1) is 0 Å². The molecule has 80 valence electrons. The Morgan fingerprint density at radius 1 is 1.29 bits per heavy atom. The van der Waals surface area contributed by atoms with E-state index in [2.05, 4.69) is 0 Å². The molecule has 0 unspecified atom stereocenters. The van der Waals surface area contributed by atoms with E-state index in [0.717, 1.165) is 0 Å². The van der Waals surface area contributed by atoms with E-state index in [1.54, 1.807) is 12.1 Å². The van der Waals surface area contributed by atoms with Crippen LogP contribution in [-0.4, -0.2) is 15.5 Å². The molecule has 0 aliphatic heterocycles. The van der Waals surface area contributed by atoms with Crippen LogP contribution < -0.4 is 4.74 Å². The summed E-state index contributed by atoms with van der Waals surface area (Å²) in [4.78, 5) is 0.0449. The molecular weight excluding hydrogens is 224 g/mol. The maximum absolute atomic E-state index is 10.8. The molecular formula is C9H13ClO3S. The zero-order valence-corrected chi connectivity index (χ0v) is 9.89. The maximum atomic E-state index is 10.8. The van der Waals surface area contributed by atoms with Crippen molar-refractivity contribution in [2.24, 2.45) is 0 Å². The van der Waals surface area contributed by atoms with E-state index in [1.807, 2.05) is 13.8 Å². The molecule has 14 heavy (non-hydrogen) atoms. The van der Waals surface area contributed by atoms with Crippen molar-refractivity contribution < 1.29 is 13.2 Å². The summed E-state index contributed by atoms with van der Waals surface area (Å²) in [6, 6.07) is 5.98. The minimum absolute atomic E-state index is 0.0449. The number of halogens is 1. The lowest BCUT2D eigenvalue weighted by atomic mass is 10.3.